The fourth-order valence-electron chi connectivity index (χ4n) is 2.13. The van der Waals surface area contributed by atoms with Gasteiger partial charge in [-0.1, -0.05) is 0 Å². The van der Waals surface area contributed by atoms with Crippen molar-refractivity contribution in [2.45, 2.75) is 26.3 Å². The van der Waals surface area contributed by atoms with Crippen LogP contribution in [-0.4, -0.2) is 35.4 Å². The number of aryl methyl sites for hydroxylation is 1. The zero-order valence-corrected chi connectivity index (χ0v) is 10.2. The highest BCUT2D eigenvalue weighted by Gasteiger charge is 2.28. The van der Waals surface area contributed by atoms with Gasteiger partial charge in [0.2, 0.25) is 0 Å². The number of rotatable bonds is 3. The Morgan fingerprint density at radius 1 is 1.71 bits per heavy atom. The van der Waals surface area contributed by atoms with Crippen LogP contribution in [0.15, 0.2) is 0 Å². The number of ether oxygens (including phenoxy) is 1. The van der Waals surface area contributed by atoms with Gasteiger partial charge >= 0.3 is 5.97 Å². The second kappa shape index (κ2) is 4.75. The van der Waals surface area contributed by atoms with E-state index in [4.69, 9.17) is 10.5 Å². The molecule has 1 aromatic heterocycles. The van der Waals surface area contributed by atoms with Gasteiger partial charge < -0.3 is 15.8 Å². The minimum atomic E-state index is -0.323. The first kappa shape index (κ1) is 11.9. The molecule has 3 N–H and O–H groups in total. The molecule has 0 bridgehead atoms. The Balaban J connectivity index is 2.40. The number of hydrogen-bond acceptors (Lipinski definition) is 5. The maximum Gasteiger partial charge on any atom is 0.343 e. The van der Waals surface area contributed by atoms with Gasteiger partial charge in [-0.25, -0.2) is 9.48 Å². The van der Waals surface area contributed by atoms with Crippen molar-refractivity contribution in [3.63, 3.8) is 0 Å². The molecular weight excluding hydrogens is 220 g/mol. The van der Waals surface area contributed by atoms with Gasteiger partial charge in [0.05, 0.1) is 18.3 Å². The fourth-order valence-corrected chi connectivity index (χ4v) is 2.13. The topological polar surface area (TPSA) is 82.2 Å². The fraction of sp³-hybridized carbons (Fsp3) is 0.636. The smallest absolute Gasteiger partial charge is 0.343 e. The Hall–Kier alpha value is -1.56. The first-order valence-corrected chi connectivity index (χ1v) is 5.89. The summed E-state index contributed by atoms with van der Waals surface area (Å²) in [5, 5.41) is 7.58. The number of carbonyl (C=O) groups is 1. The van der Waals surface area contributed by atoms with Crippen molar-refractivity contribution in [1.29, 1.82) is 0 Å². The van der Waals surface area contributed by atoms with Crippen LogP contribution in [0, 0.1) is 6.92 Å². The highest BCUT2D eigenvalue weighted by atomic mass is 16.5. The predicted molar refractivity (Wildman–Crippen MR) is 64.1 cm³/mol. The summed E-state index contributed by atoms with van der Waals surface area (Å²) in [7, 11) is 0. The molecule has 0 radical (unpaired) electrons. The molecule has 0 aromatic carbocycles. The molecule has 1 aromatic rings. The summed E-state index contributed by atoms with van der Waals surface area (Å²) in [6.45, 7) is 5.30. The second-order valence-electron chi connectivity index (χ2n) is 4.08. The number of nitrogens with zero attached hydrogens (tertiary/aromatic N) is 2. The Kier molecular flexibility index (Phi) is 3.33. The quantitative estimate of drug-likeness (QED) is 0.757. The Morgan fingerprint density at radius 3 is 3.12 bits per heavy atom. The normalized spacial score (nSPS) is 18.4. The number of aromatic nitrogens is 2. The molecule has 0 saturated heterocycles. The molecule has 0 spiro atoms. The third-order valence-corrected chi connectivity index (χ3v) is 2.95. The third-order valence-electron chi connectivity index (χ3n) is 2.95. The van der Waals surface area contributed by atoms with E-state index in [0.29, 0.717) is 24.4 Å². The largest absolute Gasteiger partial charge is 0.462 e. The zero-order chi connectivity index (χ0) is 12.4. The molecule has 94 valence electrons. The standard InChI is InChI=1S/C11H18N4O2/c1-3-17-11(16)9-7(2)14-15-8(6-12)4-5-13-10(9)15/h8,13H,3-6,12H2,1-2H3. The average Bonchev–Trinajstić information content (AvgIpc) is 2.65. The van der Waals surface area contributed by atoms with E-state index in [-0.39, 0.29) is 12.0 Å². The SMILES string of the molecule is CCOC(=O)c1c(C)nn2c1NCCC2CN. The molecule has 1 unspecified atom stereocenters. The minimum Gasteiger partial charge on any atom is -0.462 e. The van der Waals surface area contributed by atoms with Gasteiger partial charge in [0.15, 0.2) is 0 Å². The summed E-state index contributed by atoms with van der Waals surface area (Å²) in [4.78, 5) is 11.8. The maximum absolute atomic E-state index is 11.8. The van der Waals surface area contributed by atoms with E-state index in [9.17, 15) is 4.79 Å². The lowest BCUT2D eigenvalue weighted by Gasteiger charge is -2.24. The summed E-state index contributed by atoms with van der Waals surface area (Å²) in [6, 6.07) is 0.160. The first-order chi connectivity index (χ1) is 8.19. The molecule has 0 amide bonds. The molecule has 1 atom stereocenters. The summed E-state index contributed by atoms with van der Waals surface area (Å²) >= 11 is 0. The third kappa shape index (κ3) is 2.00. The molecule has 6 nitrogen and oxygen atoms in total. The monoisotopic (exact) mass is 238 g/mol. The van der Waals surface area contributed by atoms with Crippen LogP contribution in [0.2, 0.25) is 0 Å². The van der Waals surface area contributed by atoms with E-state index in [1.807, 2.05) is 11.6 Å². The molecule has 0 aliphatic carbocycles. The lowest BCUT2D eigenvalue weighted by atomic mass is 10.1. The van der Waals surface area contributed by atoms with Crippen LogP contribution >= 0.6 is 0 Å². The number of carbonyl (C=O) groups excluding carboxylic acids is 1. The van der Waals surface area contributed by atoms with Gasteiger partial charge in [0.25, 0.3) is 0 Å². The van der Waals surface area contributed by atoms with Gasteiger partial charge in [-0.2, -0.15) is 5.10 Å². The van der Waals surface area contributed by atoms with E-state index < -0.39 is 0 Å². The van der Waals surface area contributed by atoms with Crippen LogP contribution in [0.1, 0.15) is 35.4 Å². The summed E-state index contributed by atoms with van der Waals surface area (Å²) in [5.74, 6) is 0.416. The molecule has 2 rings (SSSR count). The number of nitrogens with two attached hydrogens (primary N) is 1. The Bertz CT molecular complexity index is 427. The summed E-state index contributed by atoms with van der Waals surface area (Å²) in [5.41, 5.74) is 6.93. The van der Waals surface area contributed by atoms with Crippen LogP contribution in [0.25, 0.3) is 0 Å². The number of anilines is 1. The van der Waals surface area contributed by atoms with Gasteiger partial charge in [0.1, 0.15) is 11.4 Å². The van der Waals surface area contributed by atoms with E-state index in [0.717, 1.165) is 18.8 Å². The number of hydrogen-bond donors (Lipinski definition) is 2. The van der Waals surface area contributed by atoms with Crippen LogP contribution in [-0.2, 0) is 4.74 Å². The molecular formula is C11H18N4O2. The number of nitrogens with one attached hydrogen (secondary N) is 1. The molecule has 1 aliphatic rings. The first-order valence-electron chi connectivity index (χ1n) is 5.89. The van der Waals surface area contributed by atoms with Crippen LogP contribution < -0.4 is 11.1 Å². The van der Waals surface area contributed by atoms with Gasteiger partial charge in [-0.3, -0.25) is 0 Å². The van der Waals surface area contributed by atoms with E-state index in [1.54, 1.807) is 6.92 Å². The number of esters is 1. The predicted octanol–water partition coefficient (Wildman–Crippen LogP) is 0.684. The van der Waals surface area contributed by atoms with Crippen molar-refractivity contribution in [3.05, 3.63) is 11.3 Å². The highest BCUT2D eigenvalue weighted by Crippen LogP contribution is 2.28. The minimum absolute atomic E-state index is 0.160. The van der Waals surface area contributed by atoms with E-state index in [2.05, 4.69) is 10.4 Å². The van der Waals surface area contributed by atoms with Crippen molar-refractivity contribution < 1.29 is 9.53 Å². The Morgan fingerprint density at radius 2 is 2.47 bits per heavy atom. The molecule has 0 fully saturated rings. The molecule has 17 heavy (non-hydrogen) atoms. The van der Waals surface area contributed by atoms with Gasteiger partial charge in [0, 0.05) is 13.1 Å². The van der Waals surface area contributed by atoms with Crippen LogP contribution in [0.5, 0.6) is 0 Å². The van der Waals surface area contributed by atoms with Crippen molar-refractivity contribution in [3.8, 4) is 0 Å². The van der Waals surface area contributed by atoms with Crippen LogP contribution in [0.3, 0.4) is 0 Å². The summed E-state index contributed by atoms with van der Waals surface area (Å²) in [6.07, 6.45) is 0.923. The lowest BCUT2D eigenvalue weighted by molar-refractivity contribution is 0.0526. The average molecular weight is 238 g/mol. The molecule has 2 heterocycles. The maximum atomic E-state index is 11.8. The van der Waals surface area contributed by atoms with E-state index >= 15 is 0 Å². The van der Waals surface area contributed by atoms with Gasteiger partial charge in [-0.15, -0.1) is 0 Å². The van der Waals surface area contributed by atoms with Crippen molar-refractivity contribution in [2.75, 3.05) is 25.0 Å². The van der Waals surface area contributed by atoms with Crippen molar-refractivity contribution in [2.24, 2.45) is 5.73 Å². The Labute approximate surface area is 100 Å². The lowest BCUT2D eigenvalue weighted by Crippen LogP contribution is -2.29. The number of fused-ring (bicyclic) bond motifs is 1. The second-order valence-corrected chi connectivity index (χ2v) is 4.08. The van der Waals surface area contributed by atoms with E-state index in [1.165, 1.54) is 0 Å². The molecule has 0 saturated carbocycles. The molecule has 6 heteroatoms. The van der Waals surface area contributed by atoms with Crippen molar-refractivity contribution in [1.82, 2.24) is 9.78 Å². The van der Waals surface area contributed by atoms with Crippen LogP contribution in [0.4, 0.5) is 5.82 Å². The van der Waals surface area contributed by atoms with Gasteiger partial charge in [-0.05, 0) is 20.3 Å². The summed E-state index contributed by atoms with van der Waals surface area (Å²) < 4.78 is 6.85. The zero-order valence-electron chi connectivity index (χ0n) is 10.2. The highest BCUT2D eigenvalue weighted by molar-refractivity contribution is 5.96. The molecule has 1 aliphatic heterocycles. The van der Waals surface area contributed by atoms with Crippen molar-refractivity contribution >= 4 is 11.8 Å².